The standard InChI is InChI=1S/C16H25NS/c1-14-8-4-2-7-11-16(14)17-12-13-18-15-9-5-3-6-10-15/h3,5-6,9-10,14,16-17H,2,4,7-8,11-13H2,1H3. The minimum absolute atomic E-state index is 0.754. The molecule has 1 aromatic rings. The Hall–Kier alpha value is -0.470. The van der Waals surface area contributed by atoms with E-state index in [9.17, 15) is 0 Å². The maximum absolute atomic E-state index is 3.76. The average Bonchev–Trinajstić information content (AvgIpc) is 2.61. The quantitative estimate of drug-likeness (QED) is 0.482. The Labute approximate surface area is 116 Å². The molecule has 1 fully saturated rings. The van der Waals surface area contributed by atoms with Crippen LogP contribution in [0.1, 0.15) is 39.0 Å². The van der Waals surface area contributed by atoms with E-state index in [0.717, 1.165) is 18.5 Å². The van der Waals surface area contributed by atoms with Gasteiger partial charge in [-0.25, -0.2) is 0 Å². The lowest BCUT2D eigenvalue weighted by Gasteiger charge is -2.22. The lowest BCUT2D eigenvalue weighted by molar-refractivity contribution is 0.365. The van der Waals surface area contributed by atoms with E-state index >= 15 is 0 Å². The molecular formula is C16H25NS. The normalized spacial score (nSPS) is 24.7. The van der Waals surface area contributed by atoms with Gasteiger partial charge in [0.2, 0.25) is 0 Å². The van der Waals surface area contributed by atoms with Gasteiger partial charge in [-0.2, -0.15) is 0 Å². The highest BCUT2D eigenvalue weighted by atomic mass is 32.2. The lowest BCUT2D eigenvalue weighted by atomic mass is 9.97. The summed E-state index contributed by atoms with van der Waals surface area (Å²) in [6.07, 6.45) is 7.05. The van der Waals surface area contributed by atoms with Crippen molar-refractivity contribution in [1.82, 2.24) is 5.32 Å². The van der Waals surface area contributed by atoms with Crippen molar-refractivity contribution in [2.75, 3.05) is 12.3 Å². The first-order valence-corrected chi connectivity index (χ1v) is 8.26. The highest BCUT2D eigenvalue weighted by Crippen LogP contribution is 2.23. The SMILES string of the molecule is CC1CCCCCC1NCCSc1ccccc1. The van der Waals surface area contributed by atoms with Gasteiger partial charge in [0.15, 0.2) is 0 Å². The molecule has 18 heavy (non-hydrogen) atoms. The van der Waals surface area contributed by atoms with Crippen LogP contribution in [0.5, 0.6) is 0 Å². The second-order valence-corrected chi connectivity index (χ2v) is 6.51. The molecule has 0 aliphatic heterocycles. The molecule has 2 atom stereocenters. The molecule has 1 aliphatic rings. The summed E-state index contributed by atoms with van der Waals surface area (Å²) < 4.78 is 0. The predicted octanol–water partition coefficient (Wildman–Crippen LogP) is 4.34. The Morgan fingerprint density at radius 2 is 1.89 bits per heavy atom. The average molecular weight is 263 g/mol. The zero-order valence-corrected chi connectivity index (χ0v) is 12.2. The third-order valence-corrected chi connectivity index (χ3v) is 4.90. The second kappa shape index (κ2) is 7.85. The Morgan fingerprint density at radius 3 is 2.72 bits per heavy atom. The Morgan fingerprint density at radius 1 is 1.11 bits per heavy atom. The molecule has 0 spiro atoms. The van der Waals surface area contributed by atoms with Gasteiger partial charge in [-0.15, -0.1) is 11.8 Å². The highest BCUT2D eigenvalue weighted by Gasteiger charge is 2.18. The van der Waals surface area contributed by atoms with Gasteiger partial charge < -0.3 is 5.32 Å². The van der Waals surface area contributed by atoms with Crippen molar-refractivity contribution in [2.45, 2.75) is 50.0 Å². The van der Waals surface area contributed by atoms with E-state index in [1.807, 2.05) is 11.8 Å². The molecule has 100 valence electrons. The van der Waals surface area contributed by atoms with E-state index in [4.69, 9.17) is 0 Å². The number of nitrogens with one attached hydrogen (secondary N) is 1. The molecule has 1 saturated carbocycles. The fourth-order valence-corrected chi connectivity index (χ4v) is 3.53. The summed E-state index contributed by atoms with van der Waals surface area (Å²) in [5.41, 5.74) is 0. The summed E-state index contributed by atoms with van der Waals surface area (Å²) in [5.74, 6) is 2.03. The van der Waals surface area contributed by atoms with E-state index < -0.39 is 0 Å². The van der Waals surface area contributed by atoms with Crippen molar-refractivity contribution in [3.05, 3.63) is 30.3 Å². The number of hydrogen-bond donors (Lipinski definition) is 1. The van der Waals surface area contributed by atoms with Crippen molar-refractivity contribution in [1.29, 1.82) is 0 Å². The van der Waals surface area contributed by atoms with Crippen LogP contribution in [0.15, 0.2) is 35.2 Å². The van der Waals surface area contributed by atoms with Gasteiger partial charge in [0.1, 0.15) is 0 Å². The Kier molecular flexibility index (Phi) is 6.09. The summed E-state index contributed by atoms with van der Waals surface area (Å²) >= 11 is 1.95. The summed E-state index contributed by atoms with van der Waals surface area (Å²) in [7, 11) is 0. The number of benzene rings is 1. The molecule has 2 unspecified atom stereocenters. The third kappa shape index (κ3) is 4.66. The van der Waals surface area contributed by atoms with Gasteiger partial charge in [0.25, 0.3) is 0 Å². The van der Waals surface area contributed by atoms with Crippen LogP contribution < -0.4 is 5.32 Å². The van der Waals surface area contributed by atoms with Gasteiger partial charge in [-0.1, -0.05) is 44.4 Å². The van der Waals surface area contributed by atoms with Crippen molar-refractivity contribution < 1.29 is 0 Å². The maximum Gasteiger partial charge on any atom is 0.0106 e. The van der Waals surface area contributed by atoms with E-state index in [0.29, 0.717) is 0 Å². The smallest absolute Gasteiger partial charge is 0.0106 e. The molecule has 1 N–H and O–H groups in total. The van der Waals surface area contributed by atoms with Gasteiger partial charge in [0, 0.05) is 23.2 Å². The zero-order chi connectivity index (χ0) is 12.6. The molecule has 0 aromatic heterocycles. The Balaban J connectivity index is 1.65. The van der Waals surface area contributed by atoms with Gasteiger partial charge in [0.05, 0.1) is 0 Å². The molecule has 0 amide bonds. The summed E-state index contributed by atoms with van der Waals surface area (Å²) in [6, 6.07) is 11.4. The largest absolute Gasteiger partial charge is 0.313 e. The van der Waals surface area contributed by atoms with E-state index in [1.54, 1.807) is 0 Å². The zero-order valence-electron chi connectivity index (χ0n) is 11.4. The van der Waals surface area contributed by atoms with E-state index in [-0.39, 0.29) is 0 Å². The summed E-state index contributed by atoms with van der Waals surface area (Å²) in [4.78, 5) is 1.38. The molecule has 2 heteroatoms. The van der Waals surface area contributed by atoms with Crippen LogP contribution in [0.25, 0.3) is 0 Å². The summed E-state index contributed by atoms with van der Waals surface area (Å²) in [6.45, 7) is 3.54. The van der Waals surface area contributed by atoms with Crippen molar-refractivity contribution in [3.8, 4) is 0 Å². The highest BCUT2D eigenvalue weighted by molar-refractivity contribution is 7.99. The van der Waals surface area contributed by atoms with Crippen LogP contribution in [0, 0.1) is 5.92 Å². The molecule has 1 aromatic carbocycles. The predicted molar refractivity (Wildman–Crippen MR) is 81.2 cm³/mol. The minimum atomic E-state index is 0.754. The first-order chi connectivity index (χ1) is 8.86. The van der Waals surface area contributed by atoms with Crippen LogP contribution in [-0.4, -0.2) is 18.3 Å². The number of thioether (sulfide) groups is 1. The fraction of sp³-hybridized carbons (Fsp3) is 0.625. The van der Waals surface area contributed by atoms with Crippen LogP contribution >= 0.6 is 11.8 Å². The van der Waals surface area contributed by atoms with E-state index in [2.05, 4.69) is 42.6 Å². The molecule has 0 saturated heterocycles. The fourth-order valence-electron chi connectivity index (χ4n) is 2.73. The van der Waals surface area contributed by atoms with Crippen LogP contribution in [0.2, 0.25) is 0 Å². The monoisotopic (exact) mass is 263 g/mol. The number of hydrogen-bond acceptors (Lipinski definition) is 2. The molecule has 0 radical (unpaired) electrons. The molecule has 2 rings (SSSR count). The number of rotatable bonds is 5. The van der Waals surface area contributed by atoms with Gasteiger partial charge >= 0.3 is 0 Å². The topological polar surface area (TPSA) is 12.0 Å². The van der Waals surface area contributed by atoms with Crippen molar-refractivity contribution in [3.63, 3.8) is 0 Å². The molecular weight excluding hydrogens is 238 g/mol. The van der Waals surface area contributed by atoms with E-state index in [1.165, 1.54) is 42.8 Å². The van der Waals surface area contributed by atoms with Crippen LogP contribution in [0.4, 0.5) is 0 Å². The van der Waals surface area contributed by atoms with Gasteiger partial charge in [-0.05, 0) is 30.9 Å². The van der Waals surface area contributed by atoms with Gasteiger partial charge in [-0.3, -0.25) is 0 Å². The summed E-state index contributed by atoms with van der Waals surface area (Å²) in [5, 5.41) is 3.76. The minimum Gasteiger partial charge on any atom is -0.313 e. The second-order valence-electron chi connectivity index (χ2n) is 5.34. The lowest BCUT2D eigenvalue weighted by Crippen LogP contribution is -2.35. The first-order valence-electron chi connectivity index (χ1n) is 7.27. The maximum atomic E-state index is 3.76. The van der Waals surface area contributed by atoms with Crippen molar-refractivity contribution >= 4 is 11.8 Å². The Bertz CT molecular complexity index is 325. The molecule has 1 nitrogen and oxygen atoms in total. The van der Waals surface area contributed by atoms with Crippen molar-refractivity contribution in [2.24, 2.45) is 5.92 Å². The third-order valence-electron chi connectivity index (χ3n) is 3.88. The van der Waals surface area contributed by atoms with Crippen LogP contribution in [0.3, 0.4) is 0 Å². The molecule has 0 heterocycles. The first kappa shape index (κ1) is 14.0. The van der Waals surface area contributed by atoms with Crippen LogP contribution in [-0.2, 0) is 0 Å². The molecule has 0 bridgehead atoms. The molecule has 1 aliphatic carbocycles.